The van der Waals surface area contributed by atoms with Gasteiger partial charge in [0.1, 0.15) is 6.20 Å². The van der Waals surface area contributed by atoms with Crippen LogP contribution in [0.3, 0.4) is 0 Å². The number of thiazole rings is 1. The van der Waals surface area contributed by atoms with Crippen molar-refractivity contribution in [2.75, 3.05) is 5.32 Å². The van der Waals surface area contributed by atoms with Crippen LogP contribution >= 0.6 is 22.7 Å². The fourth-order valence-electron chi connectivity index (χ4n) is 1.36. The van der Waals surface area contributed by atoms with Gasteiger partial charge in [0.05, 0.1) is 11.0 Å². The molecule has 0 aliphatic rings. The molecule has 2 heterocycles. The first kappa shape index (κ1) is 12.0. The molecule has 0 aromatic carbocycles. The molecule has 2 aromatic heterocycles. The van der Waals surface area contributed by atoms with Gasteiger partial charge in [0, 0.05) is 9.75 Å². The molecule has 0 aliphatic carbocycles. The highest BCUT2D eigenvalue weighted by Gasteiger charge is 2.14. The van der Waals surface area contributed by atoms with Crippen molar-refractivity contribution in [3.8, 4) is 0 Å². The lowest BCUT2D eigenvalue weighted by Gasteiger charge is -2.09. The zero-order chi connectivity index (χ0) is 12.4. The van der Waals surface area contributed by atoms with Gasteiger partial charge in [-0.25, -0.2) is 4.98 Å². The summed E-state index contributed by atoms with van der Waals surface area (Å²) >= 11 is 2.76. The molecule has 1 N–H and O–H groups in total. The van der Waals surface area contributed by atoms with Gasteiger partial charge in [0.2, 0.25) is 0 Å². The maximum absolute atomic E-state index is 10.5. The molecule has 0 saturated carbocycles. The van der Waals surface area contributed by atoms with Crippen LogP contribution in [0.5, 0.6) is 0 Å². The van der Waals surface area contributed by atoms with Crippen molar-refractivity contribution in [3.05, 3.63) is 38.2 Å². The lowest BCUT2D eigenvalue weighted by atomic mass is 10.3. The van der Waals surface area contributed by atoms with Crippen LogP contribution in [-0.4, -0.2) is 9.91 Å². The molecule has 90 valence electrons. The summed E-state index contributed by atoms with van der Waals surface area (Å²) in [6.07, 6.45) is 1.28. The zero-order valence-electron chi connectivity index (χ0n) is 9.34. The van der Waals surface area contributed by atoms with E-state index in [0.717, 1.165) is 11.3 Å². The van der Waals surface area contributed by atoms with E-state index in [0.29, 0.717) is 5.13 Å². The van der Waals surface area contributed by atoms with Gasteiger partial charge >= 0.3 is 5.00 Å². The monoisotopic (exact) mass is 269 g/mol. The van der Waals surface area contributed by atoms with Crippen LogP contribution in [0.4, 0.5) is 10.1 Å². The van der Waals surface area contributed by atoms with Crippen LogP contribution in [0.2, 0.25) is 0 Å². The second-order valence-electron chi connectivity index (χ2n) is 3.58. The number of nitrogens with one attached hydrogen (secondary N) is 1. The number of aryl methyl sites for hydroxylation is 1. The number of rotatable bonds is 4. The SMILES string of the molecule is Cc1ccc(C(C)Nc2ncc([N+](=O)[O-])s2)s1. The summed E-state index contributed by atoms with van der Waals surface area (Å²) in [6, 6.07) is 4.22. The normalized spacial score (nSPS) is 12.4. The molecule has 2 aromatic rings. The van der Waals surface area contributed by atoms with Gasteiger partial charge in [-0.05, 0) is 37.3 Å². The van der Waals surface area contributed by atoms with Crippen LogP contribution in [0.15, 0.2) is 18.3 Å². The standard InChI is InChI=1S/C10H11N3O2S2/c1-6-3-4-8(16-6)7(2)12-10-11-5-9(17-10)13(14)15/h3-5,7H,1-2H3,(H,11,12). The number of nitro groups is 1. The second-order valence-corrected chi connectivity index (χ2v) is 5.90. The molecular weight excluding hydrogens is 258 g/mol. The summed E-state index contributed by atoms with van der Waals surface area (Å²) in [5, 5.41) is 14.3. The lowest BCUT2D eigenvalue weighted by Crippen LogP contribution is -2.03. The van der Waals surface area contributed by atoms with Crippen LogP contribution in [0.1, 0.15) is 22.7 Å². The van der Waals surface area contributed by atoms with E-state index >= 15 is 0 Å². The Labute approximate surface area is 106 Å². The van der Waals surface area contributed by atoms with Gasteiger partial charge in [0.25, 0.3) is 0 Å². The fourth-order valence-corrected chi connectivity index (χ4v) is 2.96. The average Bonchev–Trinajstić information content (AvgIpc) is 2.86. The fraction of sp³-hybridized carbons (Fsp3) is 0.300. The zero-order valence-corrected chi connectivity index (χ0v) is 11.0. The molecule has 1 atom stereocenters. The highest BCUT2D eigenvalue weighted by atomic mass is 32.1. The molecule has 0 radical (unpaired) electrons. The molecule has 5 nitrogen and oxygen atoms in total. The summed E-state index contributed by atoms with van der Waals surface area (Å²) in [4.78, 5) is 16.5. The summed E-state index contributed by atoms with van der Waals surface area (Å²) in [5.74, 6) is 0. The highest BCUT2D eigenvalue weighted by Crippen LogP contribution is 2.30. The Hall–Kier alpha value is -1.47. The molecule has 7 heteroatoms. The third kappa shape index (κ3) is 2.80. The number of thiophene rings is 1. The van der Waals surface area contributed by atoms with E-state index in [1.165, 1.54) is 16.0 Å². The number of hydrogen-bond acceptors (Lipinski definition) is 6. The second kappa shape index (κ2) is 4.80. The molecule has 0 spiro atoms. The summed E-state index contributed by atoms with van der Waals surface area (Å²) < 4.78 is 0. The minimum atomic E-state index is -0.428. The van der Waals surface area contributed by atoms with E-state index in [4.69, 9.17) is 0 Å². The molecule has 0 bridgehead atoms. The Bertz CT molecular complexity index is 535. The largest absolute Gasteiger partial charge is 0.354 e. The van der Waals surface area contributed by atoms with Crippen molar-refractivity contribution >= 4 is 32.8 Å². The molecule has 0 saturated heterocycles. The lowest BCUT2D eigenvalue weighted by molar-refractivity contribution is -0.380. The minimum Gasteiger partial charge on any atom is -0.354 e. The van der Waals surface area contributed by atoms with Gasteiger partial charge in [-0.2, -0.15) is 0 Å². The van der Waals surface area contributed by atoms with Gasteiger partial charge in [-0.15, -0.1) is 11.3 Å². The Kier molecular flexibility index (Phi) is 3.39. The van der Waals surface area contributed by atoms with Gasteiger partial charge < -0.3 is 5.32 Å². The maximum atomic E-state index is 10.5. The minimum absolute atomic E-state index is 0.0575. The maximum Gasteiger partial charge on any atom is 0.345 e. The van der Waals surface area contributed by atoms with E-state index in [-0.39, 0.29) is 11.0 Å². The van der Waals surface area contributed by atoms with Crippen LogP contribution in [0.25, 0.3) is 0 Å². The Morgan fingerprint density at radius 2 is 2.24 bits per heavy atom. The van der Waals surface area contributed by atoms with Gasteiger partial charge in [-0.1, -0.05) is 0 Å². The Morgan fingerprint density at radius 3 is 2.76 bits per heavy atom. The third-order valence-electron chi connectivity index (χ3n) is 2.20. The summed E-state index contributed by atoms with van der Waals surface area (Å²) in [7, 11) is 0. The first-order chi connectivity index (χ1) is 8.06. The molecular formula is C10H11N3O2S2. The Balaban J connectivity index is 2.07. The van der Waals surface area contributed by atoms with Crippen LogP contribution in [0, 0.1) is 17.0 Å². The number of hydrogen-bond donors (Lipinski definition) is 1. The van der Waals surface area contributed by atoms with E-state index in [1.54, 1.807) is 11.3 Å². The number of anilines is 1. The van der Waals surface area contributed by atoms with Crippen LogP contribution in [-0.2, 0) is 0 Å². The van der Waals surface area contributed by atoms with Crippen molar-refractivity contribution in [1.29, 1.82) is 0 Å². The van der Waals surface area contributed by atoms with E-state index in [1.807, 2.05) is 6.92 Å². The van der Waals surface area contributed by atoms with Crippen molar-refractivity contribution in [3.63, 3.8) is 0 Å². The number of nitrogens with zero attached hydrogens (tertiary/aromatic N) is 2. The molecule has 1 unspecified atom stereocenters. The predicted molar refractivity (Wildman–Crippen MR) is 69.9 cm³/mol. The molecule has 0 fully saturated rings. The third-order valence-corrected chi connectivity index (χ3v) is 4.26. The highest BCUT2D eigenvalue weighted by molar-refractivity contribution is 7.18. The van der Waals surface area contributed by atoms with Gasteiger partial charge in [0.15, 0.2) is 5.13 Å². The van der Waals surface area contributed by atoms with E-state index in [2.05, 4.69) is 29.4 Å². The van der Waals surface area contributed by atoms with E-state index in [9.17, 15) is 10.1 Å². The van der Waals surface area contributed by atoms with Crippen molar-refractivity contribution in [1.82, 2.24) is 4.98 Å². The predicted octanol–water partition coefficient (Wildman–Crippen LogP) is 3.59. The van der Waals surface area contributed by atoms with Gasteiger partial charge in [-0.3, -0.25) is 10.1 Å². The first-order valence-electron chi connectivity index (χ1n) is 4.99. The number of aromatic nitrogens is 1. The average molecular weight is 269 g/mol. The Morgan fingerprint density at radius 1 is 1.47 bits per heavy atom. The molecule has 17 heavy (non-hydrogen) atoms. The van der Waals surface area contributed by atoms with E-state index < -0.39 is 4.92 Å². The summed E-state index contributed by atoms with van der Waals surface area (Å²) in [5.41, 5.74) is 0. The molecule has 2 rings (SSSR count). The molecule has 0 aliphatic heterocycles. The van der Waals surface area contributed by atoms with Crippen molar-refractivity contribution in [2.45, 2.75) is 19.9 Å². The first-order valence-corrected chi connectivity index (χ1v) is 6.62. The van der Waals surface area contributed by atoms with Crippen LogP contribution < -0.4 is 5.32 Å². The topological polar surface area (TPSA) is 68.1 Å². The quantitative estimate of drug-likeness (QED) is 0.680. The molecule has 0 amide bonds. The van der Waals surface area contributed by atoms with Crippen molar-refractivity contribution < 1.29 is 4.92 Å². The van der Waals surface area contributed by atoms with Crippen molar-refractivity contribution in [2.24, 2.45) is 0 Å². The summed E-state index contributed by atoms with van der Waals surface area (Å²) in [6.45, 7) is 4.06. The smallest absolute Gasteiger partial charge is 0.345 e.